The molecular weight excluding hydrogens is 154 g/mol. The van der Waals surface area contributed by atoms with Gasteiger partial charge in [0, 0.05) is 11.3 Å². The molecule has 0 aromatic carbocycles. The molecule has 1 saturated carbocycles. The molecule has 1 aliphatic carbocycles. The van der Waals surface area contributed by atoms with E-state index < -0.39 is 0 Å². The van der Waals surface area contributed by atoms with E-state index in [0.29, 0.717) is 4.75 Å². The summed E-state index contributed by atoms with van der Waals surface area (Å²) in [5, 5.41) is 3.35. The monoisotopic (exact) mass is 171 g/mol. The van der Waals surface area contributed by atoms with Crippen LogP contribution in [0.2, 0.25) is 0 Å². The van der Waals surface area contributed by atoms with Crippen molar-refractivity contribution in [3.8, 4) is 0 Å². The number of nitrogens with one attached hydrogen (secondary N) is 1. The molecular formula is C9H17NS. The van der Waals surface area contributed by atoms with Gasteiger partial charge in [-0.2, -0.15) is 11.8 Å². The molecule has 2 aliphatic rings. The molecule has 2 heteroatoms. The Hall–Kier alpha value is 0.310. The Morgan fingerprint density at radius 1 is 1.55 bits per heavy atom. The zero-order chi connectivity index (χ0) is 7.73. The fourth-order valence-corrected chi connectivity index (χ4v) is 3.94. The molecule has 11 heavy (non-hydrogen) atoms. The summed E-state index contributed by atoms with van der Waals surface area (Å²) in [5.41, 5.74) is 0. The van der Waals surface area contributed by atoms with Crippen LogP contribution in [0, 0.1) is 5.92 Å². The van der Waals surface area contributed by atoms with Gasteiger partial charge in [0.1, 0.15) is 0 Å². The summed E-state index contributed by atoms with van der Waals surface area (Å²) in [6.07, 6.45) is 5.90. The van der Waals surface area contributed by atoms with E-state index in [1.54, 1.807) is 0 Å². The molecule has 1 heterocycles. The molecule has 2 fully saturated rings. The third-order valence-corrected chi connectivity index (χ3v) is 4.68. The summed E-state index contributed by atoms with van der Waals surface area (Å²) in [5.74, 6) is 2.46. The van der Waals surface area contributed by atoms with Crippen LogP contribution in [0.5, 0.6) is 0 Å². The second-order valence-electron chi connectivity index (χ2n) is 3.82. The van der Waals surface area contributed by atoms with Crippen LogP contribution in [0.1, 0.15) is 25.7 Å². The standard InChI is InChI=1S/C9H17NS/c1-10-7-9(8-3-4-8)5-2-6-11-9/h8,10H,2-7H2,1H3. The Bertz CT molecular complexity index is 136. The summed E-state index contributed by atoms with van der Waals surface area (Å²) in [6, 6.07) is 0. The van der Waals surface area contributed by atoms with Crippen LogP contribution in [0.4, 0.5) is 0 Å². The minimum atomic E-state index is 0.661. The molecule has 0 spiro atoms. The maximum atomic E-state index is 3.35. The van der Waals surface area contributed by atoms with Crippen LogP contribution < -0.4 is 5.32 Å². The third-order valence-electron chi connectivity index (χ3n) is 2.93. The maximum Gasteiger partial charge on any atom is 0.0312 e. The Morgan fingerprint density at radius 3 is 2.82 bits per heavy atom. The van der Waals surface area contributed by atoms with Crippen LogP contribution in [0.15, 0.2) is 0 Å². The molecule has 0 radical (unpaired) electrons. The zero-order valence-electron chi connectivity index (χ0n) is 7.23. The van der Waals surface area contributed by atoms with E-state index >= 15 is 0 Å². The van der Waals surface area contributed by atoms with Crippen molar-refractivity contribution in [1.82, 2.24) is 5.32 Å². The quantitative estimate of drug-likeness (QED) is 0.696. The smallest absolute Gasteiger partial charge is 0.0312 e. The van der Waals surface area contributed by atoms with Gasteiger partial charge < -0.3 is 5.32 Å². The highest BCUT2D eigenvalue weighted by Gasteiger charge is 2.46. The van der Waals surface area contributed by atoms with Gasteiger partial charge in [-0.3, -0.25) is 0 Å². The van der Waals surface area contributed by atoms with E-state index in [-0.39, 0.29) is 0 Å². The highest BCUT2D eigenvalue weighted by atomic mass is 32.2. The van der Waals surface area contributed by atoms with Gasteiger partial charge in [0.05, 0.1) is 0 Å². The molecule has 1 nitrogen and oxygen atoms in total. The summed E-state index contributed by atoms with van der Waals surface area (Å²) in [7, 11) is 2.09. The lowest BCUT2D eigenvalue weighted by Gasteiger charge is -2.27. The fourth-order valence-electron chi connectivity index (χ4n) is 2.23. The molecule has 1 saturated heterocycles. The number of thioether (sulfide) groups is 1. The molecule has 1 aliphatic heterocycles. The van der Waals surface area contributed by atoms with Gasteiger partial charge in [0.25, 0.3) is 0 Å². The predicted molar refractivity (Wildman–Crippen MR) is 51.1 cm³/mol. The first-order valence-electron chi connectivity index (χ1n) is 4.66. The van der Waals surface area contributed by atoms with Gasteiger partial charge >= 0.3 is 0 Å². The summed E-state index contributed by atoms with van der Waals surface area (Å²) in [6.45, 7) is 1.24. The van der Waals surface area contributed by atoms with Crippen LogP contribution in [0.3, 0.4) is 0 Å². The SMILES string of the molecule is CNCC1(C2CC2)CCCS1. The van der Waals surface area contributed by atoms with Crippen LogP contribution in [-0.4, -0.2) is 24.1 Å². The fraction of sp³-hybridized carbons (Fsp3) is 1.00. The first-order valence-corrected chi connectivity index (χ1v) is 5.64. The Kier molecular flexibility index (Phi) is 2.15. The van der Waals surface area contributed by atoms with Crippen LogP contribution in [-0.2, 0) is 0 Å². The van der Waals surface area contributed by atoms with Crippen molar-refractivity contribution in [3.63, 3.8) is 0 Å². The average molecular weight is 171 g/mol. The van der Waals surface area contributed by atoms with Crippen molar-refractivity contribution in [3.05, 3.63) is 0 Å². The van der Waals surface area contributed by atoms with E-state index in [1.807, 2.05) is 0 Å². The van der Waals surface area contributed by atoms with Gasteiger partial charge in [0.15, 0.2) is 0 Å². The molecule has 1 atom stereocenters. The van der Waals surface area contributed by atoms with Crippen molar-refractivity contribution in [2.45, 2.75) is 30.4 Å². The summed E-state index contributed by atoms with van der Waals surface area (Å²) < 4.78 is 0.661. The molecule has 64 valence electrons. The second kappa shape index (κ2) is 2.98. The normalized spacial score (nSPS) is 37.9. The Morgan fingerprint density at radius 2 is 2.36 bits per heavy atom. The van der Waals surface area contributed by atoms with E-state index in [9.17, 15) is 0 Å². The topological polar surface area (TPSA) is 12.0 Å². The van der Waals surface area contributed by atoms with E-state index in [2.05, 4.69) is 24.1 Å². The largest absolute Gasteiger partial charge is 0.318 e. The van der Waals surface area contributed by atoms with Crippen molar-refractivity contribution < 1.29 is 0 Å². The van der Waals surface area contributed by atoms with Crippen molar-refractivity contribution in [2.24, 2.45) is 5.92 Å². The second-order valence-corrected chi connectivity index (χ2v) is 5.33. The predicted octanol–water partition coefficient (Wildman–Crippen LogP) is 1.88. The summed E-state index contributed by atoms with van der Waals surface area (Å²) >= 11 is 2.22. The minimum Gasteiger partial charge on any atom is -0.318 e. The maximum absolute atomic E-state index is 3.35. The zero-order valence-corrected chi connectivity index (χ0v) is 8.04. The van der Waals surface area contributed by atoms with Gasteiger partial charge in [-0.25, -0.2) is 0 Å². The lowest BCUT2D eigenvalue weighted by Crippen LogP contribution is -2.35. The van der Waals surface area contributed by atoms with E-state index in [1.165, 1.54) is 38.0 Å². The average Bonchev–Trinajstić information content (AvgIpc) is 2.76. The molecule has 1 N–H and O–H groups in total. The molecule has 0 aromatic rings. The number of hydrogen-bond acceptors (Lipinski definition) is 2. The molecule has 2 rings (SSSR count). The first-order chi connectivity index (χ1) is 5.37. The van der Waals surface area contributed by atoms with E-state index in [4.69, 9.17) is 0 Å². The number of hydrogen-bond donors (Lipinski definition) is 1. The van der Waals surface area contributed by atoms with Gasteiger partial charge in [-0.1, -0.05) is 0 Å². The van der Waals surface area contributed by atoms with Gasteiger partial charge in [-0.15, -0.1) is 0 Å². The molecule has 1 unspecified atom stereocenters. The molecule has 0 amide bonds. The number of rotatable bonds is 3. The highest BCUT2D eigenvalue weighted by molar-refractivity contribution is 8.01. The molecule has 0 aromatic heterocycles. The third kappa shape index (κ3) is 1.43. The van der Waals surface area contributed by atoms with E-state index in [0.717, 1.165) is 5.92 Å². The van der Waals surface area contributed by atoms with Crippen molar-refractivity contribution >= 4 is 11.8 Å². The van der Waals surface area contributed by atoms with Crippen molar-refractivity contribution in [2.75, 3.05) is 19.3 Å². The summed E-state index contributed by atoms with van der Waals surface area (Å²) in [4.78, 5) is 0. The van der Waals surface area contributed by atoms with Crippen LogP contribution in [0.25, 0.3) is 0 Å². The Labute approximate surface area is 73.3 Å². The lowest BCUT2D eigenvalue weighted by molar-refractivity contribution is 0.475. The molecule has 0 bridgehead atoms. The van der Waals surface area contributed by atoms with Gasteiger partial charge in [0.2, 0.25) is 0 Å². The lowest BCUT2D eigenvalue weighted by atomic mass is 9.97. The Balaban J connectivity index is 1.99. The minimum absolute atomic E-state index is 0.661. The van der Waals surface area contributed by atoms with Gasteiger partial charge in [-0.05, 0) is 44.4 Å². The first kappa shape index (κ1) is 7.93. The highest BCUT2D eigenvalue weighted by Crippen LogP contribution is 2.53. The van der Waals surface area contributed by atoms with Crippen molar-refractivity contribution in [1.29, 1.82) is 0 Å². The van der Waals surface area contributed by atoms with Crippen LogP contribution >= 0.6 is 11.8 Å².